The summed E-state index contributed by atoms with van der Waals surface area (Å²) in [7, 11) is 0. The van der Waals surface area contributed by atoms with Gasteiger partial charge >= 0.3 is 5.76 Å². The second kappa shape index (κ2) is 5.43. The standard InChI is InChI=1S/C15H10N4O2/c16-8-11-3-5-12(6-4-11)10-19-15(20)21-14(18-19)13-2-1-7-17-9-13/h1-7,9H,10H2. The van der Waals surface area contributed by atoms with E-state index in [1.807, 2.05) is 6.07 Å². The maximum atomic E-state index is 11.8. The third-order valence-electron chi connectivity index (χ3n) is 2.93. The Morgan fingerprint density at radius 1 is 1.24 bits per heavy atom. The molecule has 0 fully saturated rings. The molecule has 2 aromatic heterocycles. The lowest BCUT2D eigenvalue weighted by molar-refractivity contribution is 0.495. The Labute approximate surface area is 119 Å². The summed E-state index contributed by atoms with van der Waals surface area (Å²) in [6, 6.07) is 12.5. The smallest absolute Gasteiger partial charge is 0.388 e. The third kappa shape index (κ3) is 2.72. The molecule has 0 aliphatic rings. The van der Waals surface area contributed by atoms with Gasteiger partial charge in [0.05, 0.1) is 23.7 Å². The van der Waals surface area contributed by atoms with Gasteiger partial charge in [-0.2, -0.15) is 9.94 Å². The molecule has 3 aromatic rings. The van der Waals surface area contributed by atoms with Crippen LogP contribution in [0.15, 0.2) is 58.0 Å². The molecule has 6 heteroatoms. The average Bonchev–Trinajstić information content (AvgIpc) is 2.90. The fourth-order valence-corrected chi connectivity index (χ4v) is 1.87. The van der Waals surface area contributed by atoms with E-state index < -0.39 is 5.76 Å². The molecule has 0 atom stereocenters. The maximum absolute atomic E-state index is 11.8. The lowest BCUT2D eigenvalue weighted by Crippen LogP contribution is -2.16. The molecular weight excluding hydrogens is 268 g/mol. The van der Waals surface area contributed by atoms with Gasteiger partial charge in [-0.15, -0.1) is 5.10 Å². The normalized spacial score (nSPS) is 10.2. The predicted octanol–water partition coefficient (Wildman–Crippen LogP) is 1.82. The Kier molecular flexibility index (Phi) is 3.31. The summed E-state index contributed by atoms with van der Waals surface area (Å²) < 4.78 is 6.36. The second-order valence-electron chi connectivity index (χ2n) is 4.38. The van der Waals surface area contributed by atoms with E-state index in [-0.39, 0.29) is 12.4 Å². The van der Waals surface area contributed by atoms with Crippen molar-refractivity contribution < 1.29 is 4.42 Å². The van der Waals surface area contributed by atoms with Gasteiger partial charge in [-0.05, 0) is 29.8 Å². The second-order valence-corrected chi connectivity index (χ2v) is 4.38. The van der Waals surface area contributed by atoms with E-state index in [0.717, 1.165) is 5.56 Å². The first-order chi connectivity index (χ1) is 10.3. The molecule has 0 amide bonds. The highest BCUT2D eigenvalue weighted by molar-refractivity contribution is 5.49. The van der Waals surface area contributed by atoms with E-state index in [2.05, 4.69) is 10.1 Å². The minimum Gasteiger partial charge on any atom is -0.388 e. The average molecular weight is 278 g/mol. The van der Waals surface area contributed by atoms with E-state index in [9.17, 15) is 4.79 Å². The first-order valence-corrected chi connectivity index (χ1v) is 6.23. The maximum Gasteiger partial charge on any atom is 0.437 e. The minimum absolute atomic E-state index is 0.238. The molecule has 6 nitrogen and oxygen atoms in total. The Hall–Kier alpha value is -3.20. The van der Waals surface area contributed by atoms with Gasteiger partial charge in [0.1, 0.15) is 0 Å². The molecule has 0 unspecified atom stereocenters. The number of nitrogens with zero attached hydrogens (tertiary/aromatic N) is 4. The fraction of sp³-hybridized carbons (Fsp3) is 0.0667. The minimum atomic E-state index is -0.529. The van der Waals surface area contributed by atoms with Crippen molar-refractivity contribution in [3.63, 3.8) is 0 Å². The molecule has 2 heterocycles. The van der Waals surface area contributed by atoms with Crippen molar-refractivity contribution in [2.75, 3.05) is 0 Å². The van der Waals surface area contributed by atoms with E-state index in [1.165, 1.54) is 4.68 Å². The summed E-state index contributed by atoms with van der Waals surface area (Å²) in [6.45, 7) is 0.286. The van der Waals surface area contributed by atoms with Crippen LogP contribution in [0.5, 0.6) is 0 Å². The SMILES string of the molecule is N#Cc1ccc(Cn2nc(-c3cccnc3)oc2=O)cc1. The van der Waals surface area contributed by atoms with E-state index in [4.69, 9.17) is 9.68 Å². The van der Waals surface area contributed by atoms with Crippen molar-refractivity contribution in [2.24, 2.45) is 0 Å². The molecule has 0 aliphatic heterocycles. The molecule has 0 aliphatic carbocycles. The summed E-state index contributed by atoms with van der Waals surface area (Å²) >= 11 is 0. The highest BCUT2D eigenvalue weighted by atomic mass is 16.4. The molecule has 0 radical (unpaired) electrons. The number of benzene rings is 1. The lowest BCUT2D eigenvalue weighted by Gasteiger charge is -1.99. The van der Waals surface area contributed by atoms with Gasteiger partial charge in [-0.25, -0.2) is 4.79 Å². The van der Waals surface area contributed by atoms with E-state index in [1.54, 1.807) is 48.8 Å². The Morgan fingerprint density at radius 2 is 2.05 bits per heavy atom. The van der Waals surface area contributed by atoms with Crippen molar-refractivity contribution >= 4 is 0 Å². The van der Waals surface area contributed by atoms with Crippen LogP contribution < -0.4 is 5.76 Å². The van der Waals surface area contributed by atoms with Crippen LogP contribution in [0.3, 0.4) is 0 Å². The quantitative estimate of drug-likeness (QED) is 0.729. The zero-order valence-electron chi connectivity index (χ0n) is 10.9. The number of hydrogen-bond acceptors (Lipinski definition) is 5. The summed E-state index contributed by atoms with van der Waals surface area (Å²) in [4.78, 5) is 15.8. The largest absolute Gasteiger partial charge is 0.437 e. The highest BCUT2D eigenvalue weighted by Crippen LogP contribution is 2.13. The zero-order chi connectivity index (χ0) is 14.7. The molecule has 0 saturated carbocycles. The van der Waals surface area contributed by atoms with Crippen molar-refractivity contribution in [1.82, 2.24) is 14.8 Å². The molecule has 0 bridgehead atoms. The van der Waals surface area contributed by atoms with Crippen LogP contribution in [0, 0.1) is 11.3 Å². The summed E-state index contributed by atoms with van der Waals surface area (Å²) in [5, 5.41) is 12.9. The number of nitriles is 1. The zero-order valence-corrected chi connectivity index (χ0v) is 10.9. The molecule has 0 N–H and O–H groups in total. The van der Waals surface area contributed by atoms with Crippen molar-refractivity contribution in [1.29, 1.82) is 5.26 Å². The Bertz CT molecular complexity index is 842. The Morgan fingerprint density at radius 3 is 2.71 bits per heavy atom. The van der Waals surface area contributed by atoms with Gasteiger partial charge in [0.15, 0.2) is 0 Å². The highest BCUT2D eigenvalue weighted by Gasteiger charge is 2.10. The molecule has 0 saturated heterocycles. The Balaban J connectivity index is 1.88. The first kappa shape index (κ1) is 12.8. The van der Waals surface area contributed by atoms with Gasteiger partial charge in [0, 0.05) is 12.4 Å². The van der Waals surface area contributed by atoms with Crippen molar-refractivity contribution in [3.8, 4) is 17.5 Å². The van der Waals surface area contributed by atoms with Gasteiger partial charge in [-0.3, -0.25) is 4.98 Å². The topological polar surface area (TPSA) is 84.7 Å². The molecule has 0 spiro atoms. The first-order valence-electron chi connectivity index (χ1n) is 6.23. The van der Waals surface area contributed by atoms with Gasteiger partial charge < -0.3 is 4.42 Å². The molecular formula is C15H10N4O2. The predicted molar refractivity (Wildman–Crippen MR) is 74.3 cm³/mol. The number of hydrogen-bond donors (Lipinski definition) is 0. The number of aromatic nitrogens is 3. The van der Waals surface area contributed by atoms with Crippen molar-refractivity contribution in [3.05, 3.63) is 70.5 Å². The molecule has 21 heavy (non-hydrogen) atoms. The van der Waals surface area contributed by atoms with Crippen LogP contribution in [0.1, 0.15) is 11.1 Å². The summed E-state index contributed by atoms with van der Waals surface area (Å²) in [5.74, 6) is -0.292. The monoisotopic (exact) mass is 278 g/mol. The van der Waals surface area contributed by atoms with Gasteiger partial charge in [0.2, 0.25) is 0 Å². The molecule has 3 rings (SSSR count). The van der Waals surface area contributed by atoms with Crippen LogP contribution in [0.2, 0.25) is 0 Å². The van der Waals surface area contributed by atoms with E-state index in [0.29, 0.717) is 11.1 Å². The van der Waals surface area contributed by atoms with Gasteiger partial charge in [0.25, 0.3) is 5.89 Å². The summed E-state index contributed by atoms with van der Waals surface area (Å²) in [6.07, 6.45) is 3.21. The van der Waals surface area contributed by atoms with Crippen LogP contribution in [-0.4, -0.2) is 14.8 Å². The molecule has 1 aromatic carbocycles. The van der Waals surface area contributed by atoms with Crippen LogP contribution in [0.4, 0.5) is 0 Å². The molecule has 102 valence electrons. The number of rotatable bonds is 3. The number of pyridine rings is 1. The third-order valence-corrected chi connectivity index (χ3v) is 2.93. The van der Waals surface area contributed by atoms with E-state index >= 15 is 0 Å². The van der Waals surface area contributed by atoms with Gasteiger partial charge in [-0.1, -0.05) is 12.1 Å². The van der Waals surface area contributed by atoms with Crippen LogP contribution in [0.25, 0.3) is 11.5 Å². The fourth-order valence-electron chi connectivity index (χ4n) is 1.87. The lowest BCUT2D eigenvalue weighted by atomic mass is 10.1. The van der Waals surface area contributed by atoms with Crippen molar-refractivity contribution in [2.45, 2.75) is 6.54 Å². The van der Waals surface area contributed by atoms with Crippen LogP contribution >= 0.6 is 0 Å². The summed E-state index contributed by atoms with van der Waals surface area (Å²) in [5.41, 5.74) is 2.08. The van der Waals surface area contributed by atoms with Crippen LogP contribution in [-0.2, 0) is 6.54 Å².